The fraction of sp³-hybridized carbons (Fsp3) is 0.308. The molecular weight excluding hydrogens is 322 g/mol. The molecule has 1 aromatic carbocycles. The van der Waals surface area contributed by atoms with Crippen LogP contribution in [0.15, 0.2) is 28.6 Å². The van der Waals surface area contributed by atoms with Gasteiger partial charge in [0.05, 0.1) is 23.2 Å². The number of esters is 1. The fourth-order valence-corrected chi connectivity index (χ4v) is 3.44. The molecule has 20 heavy (non-hydrogen) atoms. The molecule has 0 unspecified atom stereocenters. The van der Waals surface area contributed by atoms with Crippen LogP contribution in [0.1, 0.15) is 22.6 Å². The summed E-state index contributed by atoms with van der Waals surface area (Å²) in [5.41, 5.74) is 0.896. The molecule has 0 spiro atoms. The SMILES string of the molecule is CCOC(=O)CCC(=O)Sc1nc2ccccc2s1.[Ca+2].[H-].[H-]. The van der Waals surface area contributed by atoms with Crippen LogP contribution >= 0.6 is 23.1 Å². The third-order valence-electron chi connectivity index (χ3n) is 2.31. The molecule has 1 heterocycles. The van der Waals surface area contributed by atoms with Gasteiger partial charge in [0.15, 0.2) is 9.45 Å². The molecule has 0 N–H and O–H groups in total. The molecule has 104 valence electrons. The van der Waals surface area contributed by atoms with Gasteiger partial charge >= 0.3 is 43.7 Å². The van der Waals surface area contributed by atoms with Gasteiger partial charge in [-0.1, -0.05) is 12.1 Å². The Bertz CT molecular complexity index is 577. The number of para-hydroxylation sites is 1. The van der Waals surface area contributed by atoms with Crippen LogP contribution in [0, 0.1) is 0 Å². The molecule has 4 nitrogen and oxygen atoms in total. The van der Waals surface area contributed by atoms with Crippen LogP contribution in [0.4, 0.5) is 0 Å². The Labute approximate surface area is 158 Å². The number of carbonyl (C=O) groups excluding carboxylic acids is 2. The van der Waals surface area contributed by atoms with Crippen LogP contribution in [0.5, 0.6) is 0 Å². The molecule has 0 amide bonds. The van der Waals surface area contributed by atoms with Crippen molar-refractivity contribution >= 4 is 82.1 Å². The Balaban J connectivity index is 0. The minimum Gasteiger partial charge on any atom is -1.00 e. The number of fused-ring (bicyclic) bond motifs is 1. The second-order valence-corrected chi connectivity index (χ2v) is 6.06. The summed E-state index contributed by atoms with van der Waals surface area (Å²) >= 11 is 2.58. The average Bonchev–Trinajstić information content (AvgIpc) is 2.78. The van der Waals surface area contributed by atoms with Crippen LogP contribution in [0.3, 0.4) is 0 Å². The van der Waals surface area contributed by atoms with E-state index in [9.17, 15) is 9.59 Å². The molecule has 7 heteroatoms. The first kappa shape index (κ1) is 17.9. The van der Waals surface area contributed by atoms with E-state index in [0.717, 1.165) is 26.3 Å². The van der Waals surface area contributed by atoms with Crippen molar-refractivity contribution in [1.82, 2.24) is 4.98 Å². The van der Waals surface area contributed by atoms with Gasteiger partial charge in [-0.05, 0) is 30.8 Å². The largest absolute Gasteiger partial charge is 2.00 e. The summed E-state index contributed by atoms with van der Waals surface area (Å²) in [6.45, 7) is 2.09. The quantitative estimate of drug-likeness (QED) is 0.477. The van der Waals surface area contributed by atoms with Crippen molar-refractivity contribution in [3.63, 3.8) is 0 Å². The van der Waals surface area contributed by atoms with Crippen LogP contribution in [-0.2, 0) is 14.3 Å². The van der Waals surface area contributed by atoms with E-state index >= 15 is 0 Å². The molecule has 0 atom stereocenters. The number of nitrogens with zero attached hydrogens (tertiary/aromatic N) is 1. The van der Waals surface area contributed by atoms with E-state index in [1.165, 1.54) is 11.3 Å². The van der Waals surface area contributed by atoms with Gasteiger partial charge in [-0.3, -0.25) is 9.59 Å². The zero-order valence-corrected chi connectivity index (χ0v) is 15.0. The van der Waals surface area contributed by atoms with Gasteiger partial charge < -0.3 is 7.59 Å². The van der Waals surface area contributed by atoms with E-state index in [0.29, 0.717) is 6.61 Å². The summed E-state index contributed by atoms with van der Waals surface area (Å²) in [5, 5.41) is -0.0629. The molecule has 1 aromatic heterocycles. The molecule has 2 rings (SSSR count). The Morgan fingerprint density at radius 1 is 1.35 bits per heavy atom. The van der Waals surface area contributed by atoms with E-state index in [-0.39, 0.29) is 64.5 Å². The fourth-order valence-electron chi connectivity index (χ4n) is 1.48. The summed E-state index contributed by atoms with van der Waals surface area (Å²) < 4.78 is 6.55. The van der Waals surface area contributed by atoms with E-state index in [1.807, 2.05) is 24.3 Å². The molecule has 0 fully saturated rings. The maximum Gasteiger partial charge on any atom is 2.00 e. The Morgan fingerprint density at radius 2 is 2.10 bits per heavy atom. The zero-order chi connectivity index (χ0) is 13.7. The third kappa shape index (κ3) is 5.33. The number of aromatic nitrogens is 1. The van der Waals surface area contributed by atoms with Gasteiger partial charge in [-0.25, -0.2) is 4.98 Å². The predicted molar refractivity (Wildman–Crippen MR) is 84.3 cm³/mol. The summed E-state index contributed by atoms with van der Waals surface area (Å²) in [6.07, 6.45) is 0.310. The number of carbonyl (C=O) groups is 2. The number of thiazole rings is 1. The molecule has 0 saturated heterocycles. The minimum atomic E-state index is -0.333. The van der Waals surface area contributed by atoms with Crippen molar-refractivity contribution in [3.05, 3.63) is 24.3 Å². The van der Waals surface area contributed by atoms with Crippen molar-refractivity contribution in [3.8, 4) is 0 Å². The van der Waals surface area contributed by atoms with Crippen molar-refractivity contribution in [2.24, 2.45) is 0 Å². The second-order valence-electron chi connectivity index (χ2n) is 3.73. The summed E-state index contributed by atoms with van der Waals surface area (Å²) in [7, 11) is 0. The minimum absolute atomic E-state index is 0. The maximum atomic E-state index is 11.7. The summed E-state index contributed by atoms with van der Waals surface area (Å²) in [4.78, 5) is 27.2. The van der Waals surface area contributed by atoms with Crippen molar-refractivity contribution in [1.29, 1.82) is 0 Å². The Morgan fingerprint density at radius 3 is 2.80 bits per heavy atom. The van der Waals surface area contributed by atoms with Crippen molar-refractivity contribution in [2.45, 2.75) is 24.1 Å². The van der Waals surface area contributed by atoms with Gasteiger partial charge in [0.25, 0.3) is 0 Å². The standard InChI is InChI=1S/C13H13NO3S2.Ca.2H/c1-2-17-11(15)7-8-12(16)19-13-14-9-5-3-4-6-10(9)18-13;;;/h3-6H,2,7-8H2,1H3;;;/q;+2;2*-1. The van der Waals surface area contributed by atoms with E-state index < -0.39 is 0 Å². The molecular formula is C13H15CaNO3S2. The number of benzene rings is 1. The third-order valence-corrected chi connectivity index (χ3v) is 4.34. The number of hydrogen-bond donors (Lipinski definition) is 0. The first-order valence-electron chi connectivity index (χ1n) is 5.91. The predicted octanol–water partition coefficient (Wildman–Crippen LogP) is 3.10. The Hall–Kier alpha value is -0.140. The molecule has 0 saturated carbocycles. The monoisotopic (exact) mass is 337 g/mol. The van der Waals surface area contributed by atoms with E-state index in [4.69, 9.17) is 4.74 Å². The van der Waals surface area contributed by atoms with Crippen LogP contribution in [-0.4, -0.2) is 60.4 Å². The Kier molecular flexibility index (Phi) is 8.06. The summed E-state index contributed by atoms with van der Waals surface area (Å²) in [6, 6.07) is 7.75. The first-order chi connectivity index (χ1) is 9.19. The van der Waals surface area contributed by atoms with Crippen LogP contribution < -0.4 is 0 Å². The average molecular weight is 337 g/mol. The normalized spacial score (nSPS) is 10.1. The molecule has 2 aromatic rings. The first-order valence-corrected chi connectivity index (χ1v) is 7.54. The van der Waals surface area contributed by atoms with Crippen molar-refractivity contribution in [2.75, 3.05) is 6.61 Å². The van der Waals surface area contributed by atoms with E-state index in [1.54, 1.807) is 6.92 Å². The van der Waals surface area contributed by atoms with Gasteiger partial charge in [-0.15, -0.1) is 11.3 Å². The molecule has 0 bridgehead atoms. The second kappa shape index (κ2) is 9.00. The van der Waals surface area contributed by atoms with E-state index in [2.05, 4.69) is 4.98 Å². The smallest absolute Gasteiger partial charge is 1.00 e. The molecule has 0 aliphatic carbocycles. The van der Waals surface area contributed by atoms with Crippen LogP contribution in [0.2, 0.25) is 0 Å². The van der Waals surface area contributed by atoms with Gasteiger partial charge in [0.1, 0.15) is 0 Å². The topological polar surface area (TPSA) is 56.3 Å². The van der Waals surface area contributed by atoms with Gasteiger partial charge in [-0.2, -0.15) is 0 Å². The number of thioether (sulfide) groups is 1. The van der Waals surface area contributed by atoms with Gasteiger partial charge in [0.2, 0.25) is 0 Å². The maximum absolute atomic E-state index is 11.7. The molecule has 0 radical (unpaired) electrons. The van der Waals surface area contributed by atoms with Crippen molar-refractivity contribution < 1.29 is 17.2 Å². The van der Waals surface area contributed by atoms with Crippen LogP contribution in [0.25, 0.3) is 10.2 Å². The molecule has 0 aliphatic heterocycles. The molecule has 0 aliphatic rings. The number of hydrogen-bond acceptors (Lipinski definition) is 6. The number of ether oxygens (including phenoxy) is 1. The zero-order valence-electron chi connectivity index (χ0n) is 13.1. The van der Waals surface area contributed by atoms with Gasteiger partial charge in [0, 0.05) is 6.42 Å². The summed E-state index contributed by atoms with van der Waals surface area (Å²) in [5.74, 6) is -0.333. The number of rotatable bonds is 5.